The monoisotopic (exact) mass is 392 g/mol. The summed E-state index contributed by atoms with van der Waals surface area (Å²) in [7, 11) is -2.60. The number of carbonyl (C=O) groups is 1. The van der Waals surface area contributed by atoms with E-state index in [1.54, 1.807) is 6.07 Å². The number of nitrogens with zero attached hydrogens (tertiary/aromatic N) is 1. The molecule has 0 spiro atoms. The van der Waals surface area contributed by atoms with E-state index in [9.17, 15) is 23.3 Å². The number of nitro groups is 1. The molecular formula is C17H20N4O5S. The van der Waals surface area contributed by atoms with Crippen molar-refractivity contribution in [2.75, 3.05) is 24.2 Å². The average molecular weight is 392 g/mol. The summed E-state index contributed by atoms with van der Waals surface area (Å²) in [5.41, 5.74) is 2.35. The topological polar surface area (TPSA) is 130 Å². The largest absolute Gasteiger partial charge is 0.371 e. The van der Waals surface area contributed by atoms with Gasteiger partial charge in [0.15, 0.2) is 0 Å². The highest BCUT2D eigenvalue weighted by Crippen LogP contribution is 2.27. The maximum Gasteiger partial charge on any atom is 0.293 e. The molecule has 0 aliphatic rings. The van der Waals surface area contributed by atoms with E-state index in [1.165, 1.54) is 19.2 Å². The van der Waals surface area contributed by atoms with Gasteiger partial charge in [-0.1, -0.05) is 6.07 Å². The van der Waals surface area contributed by atoms with Gasteiger partial charge in [-0.05, 0) is 56.3 Å². The van der Waals surface area contributed by atoms with E-state index in [-0.39, 0.29) is 23.0 Å². The number of benzene rings is 2. The van der Waals surface area contributed by atoms with Crippen molar-refractivity contribution in [1.29, 1.82) is 0 Å². The van der Waals surface area contributed by atoms with Crippen LogP contribution in [-0.4, -0.2) is 32.8 Å². The minimum atomic E-state index is -3.81. The lowest BCUT2D eigenvalue weighted by atomic mass is 10.1. The highest BCUT2D eigenvalue weighted by Gasteiger charge is 2.20. The van der Waals surface area contributed by atoms with Crippen LogP contribution in [0.15, 0.2) is 41.3 Å². The normalized spacial score (nSPS) is 11.1. The predicted molar refractivity (Wildman–Crippen MR) is 102 cm³/mol. The molecule has 0 aliphatic carbocycles. The van der Waals surface area contributed by atoms with Gasteiger partial charge < -0.3 is 10.6 Å². The zero-order valence-corrected chi connectivity index (χ0v) is 15.9. The first-order valence-corrected chi connectivity index (χ1v) is 9.45. The number of carbonyl (C=O) groups excluding carboxylic acids is 1. The molecule has 10 heteroatoms. The van der Waals surface area contributed by atoms with E-state index < -0.39 is 20.6 Å². The Hall–Kier alpha value is -2.98. The van der Waals surface area contributed by atoms with Gasteiger partial charge in [0.25, 0.3) is 5.69 Å². The van der Waals surface area contributed by atoms with E-state index >= 15 is 0 Å². The van der Waals surface area contributed by atoms with Crippen LogP contribution in [-0.2, 0) is 14.8 Å². The molecule has 0 fully saturated rings. The van der Waals surface area contributed by atoms with Gasteiger partial charge in [-0.2, -0.15) is 0 Å². The summed E-state index contributed by atoms with van der Waals surface area (Å²) in [5, 5.41) is 16.6. The van der Waals surface area contributed by atoms with Crippen molar-refractivity contribution in [3.05, 3.63) is 57.6 Å². The van der Waals surface area contributed by atoms with Crippen molar-refractivity contribution in [3.63, 3.8) is 0 Å². The summed E-state index contributed by atoms with van der Waals surface area (Å²) in [6, 6.07) is 8.89. The Balaban J connectivity index is 2.13. The quantitative estimate of drug-likeness (QED) is 0.489. The van der Waals surface area contributed by atoms with Crippen molar-refractivity contribution in [1.82, 2.24) is 4.72 Å². The van der Waals surface area contributed by atoms with Gasteiger partial charge >= 0.3 is 0 Å². The van der Waals surface area contributed by atoms with Crippen molar-refractivity contribution >= 4 is 33.0 Å². The molecule has 0 aliphatic heterocycles. The molecule has 2 rings (SSSR count). The first kappa shape index (κ1) is 20.3. The second-order valence-corrected chi connectivity index (χ2v) is 7.73. The SMILES string of the molecule is CNS(=O)(=O)c1ccc(NCC(=O)Nc2ccc(C)c(C)c2)c([N+](=O)[O-])c1. The Morgan fingerprint density at radius 1 is 1.11 bits per heavy atom. The molecule has 0 bridgehead atoms. The number of rotatable bonds is 7. The zero-order valence-electron chi connectivity index (χ0n) is 15.1. The van der Waals surface area contributed by atoms with Gasteiger partial charge in [-0.25, -0.2) is 13.1 Å². The first-order chi connectivity index (χ1) is 12.6. The molecule has 0 atom stereocenters. The van der Waals surface area contributed by atoms with Crippen LogP contribution in [0.5, 0.6) is 0 Å². The summed E-state index contributed by atoms with van der Waals surface area (Å²) < 4.78 is 25.7. The van der Waals surface area contributed by atoms with E-state index in [0.29, 0.717) is 5.69 Å². The van der Waals surface area contributed by atoms with Crippen LogP contribution in [0.2, 0.25) is 0 Å². The number of aryl methyl sites for hydroxylation is 2. The average Bonchev–Trinajstić information content (AvgIpc) is 2.62. The van der Waals surface area contributed by atoms with Gasteiger partial charge in [-0.3, -0.25) is 14.9 Å². The predicted octanol–water partition coefficient (Wildman–Crippen LogP) is 2.17. The minimum absolute atomic E-state index is 0.0466. The van der Waals surface area contributed by atoms with Crippen molar-refractivity contribution in [2.24, 2.45) is 0 Å². The minimum Gasteiger partial charge on any atom is -0.371 e. The molecule has 0 radical (unpaired) electrons. The fourth-order valence-corrected chi connectivity index (χ4v) is 3.05. The summed E-state index contributed by atoms with van der Waals surface area (Å²) >= 11 is 0. The molecule has 0 saturated heterocycles. The summed E-state index contributed by atoms with van der Waals surface area (Å²) in [5.74, 6) is -0.389. The first-order valence-electron chi connectivity index (χ1n) is 7.97. The number of nitro benzene ring substituents is 1. The van der Waals surface area contributed by atoms with Gasteiger partial charge in [0.2, 0.25) is 15.9 Å². The Bertz CT molecular complexity index is 989. The fraction of sp³-hybridized carbons (Fsp3) is 0.235. The number of nitrogens with one attached hydrogen (secondary N) is 3. The van der Waals surface area contributed by atoms with Gasteiger partial charge in [0.05, 0.1) is 16.4 Å². The fourth-order valence-electron chi connectivity index (χ4n) is 2.30. The Morgan fingerprint density at radius 2 is 1.81 bits per heavy atom. The van der Waals surface area contributed by atoms with Crippen LogP contribution >= 0.6 is 0 Å². The highest BCUT2D eigenvalue weighted by atomic mass is 32.2. The lowest BCUT2D eigenvalue weighted by molar-refractivity contribution is -0.384. The van der Waals surface area contributed by atoms with Crippen LogP contribution in [0.3, 0.4) is 0 Å². The maximum absolute atomic E-state index is 12.1. The van der Waals surface area contributed by atoms with Crippen molar-refractivity contribution in [2.45, 2.75) is 18.7 Å². The third-order valence-corrected chi connectivity index (χ3v) is 5.39. The summed E-state index contributed by atoms with van der Waals surface area (Å²) in [4.78, 5) is 22.4. The smallest absolute Gasteiger partial charge is 0.293 e. The number of hydrogen-bond acceptors (Lipinski definition) is 6. The van der Waals surface area contributed by atoms with E-state index in [2.05, 4.69) is 15.4 Å². The Kier molecular flexibility index (Phi) is 6.13. The Morgan fingerprint density at radius 3 is 2.41 bits per heavy atom. The highest BCUT2D eigenvalue weighted by molar-refractivity contribution is 7.89. The van der Waals surface area contributed by atoms with E-state index in [1.807, 2.05) is 26.0 Å². The van der Waals surface area contributed by atoms with Crippen molar-refractivity contribution in [3.8, 4) is 0 Å². The van der Waals surface area contributed by atoms with E-state index in [0.717, 1.165) is 17.2 Å². The second-order valence-electron chi connectivity index (χ2n) is 5.84. The molecule has 1 amide bonds. The van der Waals surface area contributed by atoms with Crippen LogP contribution in [0.25, 0.3) is 0 Å². The number of anilines is 2. The van der Waals surface area contributed by atoms with Crippen LogP contribution in [0, 0.1) is 24.0 Å². The molecule has 0 unspecified atom stereocenters. The third kappa shape index (κ3) is 5.02. The summed E-state index contributed by atoms with van der Waals surface area (Å²) in [6.07, 6.45) is 0. The molecule has 27 heavy (non-hydrogen) atoms. The molecule has 2 aromatic rings. The standard InChI is InChI=1S/C17H20N4O5S/c1-11-4-5-13(8-12(11)2)20-17(22)10-19-15-7-6-14(27(25,26)18-3)9-16(15)21(23)24/h4-9,18-19H,10H2,1-3H3,(H,20,22). The molecule has 0 heterocycles. The summed E-state index contributed by atoms with van der Waals surface area (Å²) in [6.45, 7) is 3.67. The van der Waals surface area contributed by atoms with Crippen LogP contribution < -0.4 is 15.4 Å². The number of amides is 1. The molecule has 0 aromatic heterocycles. The lowest BCUT2D eigenvalue weighted by Crippen LogP contribution is -2.22. The molecule has 144 valence electrons. The number of hydrogen-bond donors (Lipinski definition) is 3. The molecular weight excluding hydrogens is 372 g/mol. The molecule has 0 saturated carbocycles. The second kappa shape index (κ2) is 8.14. The van der Waals surface area contributed by atoms with E-state index in [4.69, 9.17) is 0 Å². The molecule has 2 aromatic carbocycles. The maximum atomic E-state index is 12.1. The molecule has 9 nitrogen and oxygen atoms in total. The zero-order chi connectivity index (χ0) is 20.2. The molecule has 3 N–H and O–H groups in total. The van der Waals surface area contributed by atoms with Gasteiger partial charge in [-0.15, -0.1) is 0 Å². The third-order valence-electron chi connectivity index (χ3n) is 3.97. The van der Waals surface area contributed by atoms with Crippen molar-refractivity contribution < 1.29 is 18.1 Å². The Labute approximate surface area is 157 Å². The van der Waals surface area contributed by atoms with Gasteiger partial charge in [0.1, 0.15) is 5.69 Å². The van der Waals surface area contributed by atoms with Crippen LogP contribution in [0.1, 0.15) is 11.1 Å². The lowest BCUT2D eigenvalue weighted by Gasteiger charge is -2.10. The van der Waals surface area contributed by atoms with Gasteiger partial charge in [0, 0.05) is 11.8 Å². The number of sulfonamides is 1. The van der Waals surface area contributed by atoms with Crippen LogP contribution in [0.4, 0.5) is 17.1 Å².